The Morgan fingerprint density at radius 1 is 1.04 bits per heavy atom. The van der Waals surface area contributed by atoms with Crippen molar-refractivity contribution in [2.75, 3.05) is 40.4 Å². The van der Waals surface area contributed by atoms with Crippen molar-refractivity contribution >= 4 is 36.2 Å². The van der Waals surface area contributed by atoms with E-state index < -0.39 is 0 Å². The Labute approximate surface area is 160 Å². The van der Waals surface area contributed by atoms with Crippen molar-refractivity contribution in [3.8, 4) is 11.5 Å². The highest BCUT2D eigenvalue weighted by atomic mass is 35.5. The fraction of sp³-hybridized carbons (Fsp3) is 0.412. The minimum absolute atomic E-state index is 0. The summed E-state index contributed by atoms with van der Waals surface area (Å²) in [7, 11) is 3.40. The lowest BCUT2D eigenvalue weighted by Crippen LogP contribution is -2.45. The molecule has 2 aromatic rings. The van der Waals surface area contributed by atoms with Crippen LogP contribution in [0.1, 0.15) is 16.5 Å². The molecule has 24 heavy (non-hydrogen) atoms. The molecule has 1 aliphatic rings. The van der Waals surface area contributed by atoms with Crippen molar-refractivity contribution in [3.05, 3.63) is 46.2 Å². The third kappa shape index (κ3) is 4.35. The van der Waals surface area contributed by atoms with Crippen LogP contribution in [0, 0.1) is 0 Å². The van der Waals surface area contributed by atoms with Gasteiger partial charge < -0.3 is 14.8 Å². The van der Waals surface area contributed by atoms with E-state index in [1.165, 1.54) is 10.4 Å². The lowest BCUT2D eigenvalue weighted by Gasteiger charge is -2.35. The van der Waals surface area contributed by atoms with Gasteiger partial charge in [0.25, 0.3) is 0 Å². The Kier molecular flexibility index (Phi) is 8.87. The zero-order valence-corrected chi connectivity index (χ0v) is 16.3. The van der Waals surface area contributed by atoms with Crippen LogP contribution in [-0.2, 0) is 0 Å². The van der Waals surface area contributed by atoms with E-state index in [0.29, 0.717) is 0 Å². The van der Waals surface area contributed by atoms with Gasteiger partial charge in [-0.05, 0) is 17.5 Å². The fourth-order valence-corrected chi connectivity index (χ4v) is 3.92. The number of thiophene rings is 1. The summed E-state index contributed by atoms with van der Waals surface area (Å²) in [6.07, 6.45) is 0. The van der Waals surface area contributed by atoms with Gasteiger partial charge >= 0.3 is 0 Å². The Balaban J connectivity index is 0.00000144. The standard InChI is InChI=1S/C17H22N2O2S.2ClH/c1-20-14-6-3-5-13(17(14)21-2)16(15-7-4-12-22-15)19-10-8-18-9-11-19;;/h3-7,12,16,18H,8-11H2,1-2H3;2*1H/t16-;;/m1../s1. The molecule has 1 saturated heterocycles. The summed E-state index contributed by atoms with van der Waals surface area (Å²) >= 11 is 1.79. The summed E-state index contributed by atoms with van der Waals surface area (Å²) in [4.78, 5) is 3.85. The quantitative estimate of drug-likeness (QED) is 0.845. The van der Waals surface area contributed by atoms with E-state index in [-0.39, 0.29) is 30.9 Å². The molecule has 0 radical (unpaired) electrons. The van der Waals surface area contributed by atoms with E-state index in [0.717, 1.165) is 37.7 Å². The molecule has 1 N–H and O–H groups in total. The van der Waals surface area contributed by atoms with E-state index >= 15 is 0 Å². The number of methoxy groups -OCH3 is 2. The molecular formula is C17H24Cl2N2O2S. The molecule has 1 aromatic heterocycles. The van der Waals surface area contributed by atoms with Crippen LogP contribution < -0.4 is 14.8 Å². The molecule has 1 fully saturated rings. The van der Waals surface area contributed by atoms with Gasteiger partial charge in [0.2, 0.25) is 0 Å². The molecule has 4 nitrogen and oxygen atoms in total. The highest BCUT2D eigenvalue weighted by Crippen LogP contribution is 2.41. The average Bonchev–Trinajstić information content (AvgIpc) is 3.10. The Morgan fingerprint density at radius 3 is 2.38 bits per heavy atom. The summed E-state index contributed by atoms with van der Waals surface area (Å²) in [6, 6.07) is 10.7. The molecule has 0 bridgehead atoms. The number of halogens is 2. The van der Waals surface area contributed by atoms with Crippen LogP contribution in [0.3, 0.4) is 0 Å². The van der Waals surface area contributed by atoms with E-state index in [4.69, 9.17) is 9.47 Å². The maximum absolute atomic E-state index is 5.67. The monoisotopic (exact) mass is 390 g/mol. The summed E-state index contributed by atoms with van der Waals surface area (Å²) in [6.45, 7) is 4.11. The minimum atomic E-state index is 0. The predicted octanol–water partition coefficient (Wildman–Crippen LogP) is 3.60. The second-order valence-electron chi connectivity index (χ2n) is 5.29. The van der Waals surface area contributed by atoms with Gasteiger partial charge in [-0.15, -0.1) is 36.2 Å². The summed E-state index contributed by atoms with van der Waals surface area (Å²) < 4.78 is 11.2. The highest BCUT2D eigenvalue weighted by molar-refractivity contribution is 7.10. The number of hydrogen-bond donors (Lipinski definition) is 1. The SMILES string of the molecule is COc1cccc([C@H](c2cccs2)N2CCNCC2)c1OC.Cl.Cl. The van der Waals surface area contributed by atoms with E-state index in [1.807, 2.05) is 12.1 Å². The van der Waals surface area contributed by atoms with Gasteiger partial charge in [0.05, 0.1) is 20.3 Å². The Bertz CT molecular complexity index is 605. The normalized spacial score (nSPS) is 15.8. The predicted molar refractivity (Wildman–Crippen MR) is 105 cm³/mol. The van der Waals surface area contributed by atoms with Crippen molar-refractivity contribution in [1.29, 1.82) is 0 Å². The largest absolute Gasteiger partial charge is 0.493 e. The topological polar surface area (TPSA) is 33.7 Å². The highest BCUT2D eigenvalue weighted by Gasteiger charge is 2.28. The van der Waals surface area contributed by atoms with Gasteiger partial charge in [-0.25, -0.2) is 0 Å². The number of rotatable bonds is 5. The lowest BCUT2D eigenvalue weighted by molar-refractivity contribution is 0.197. The molecule has 0 unspecified atom stereocenters. The van der Waals surface area contributed by atoms with Crippen LogP contribution in [0.4, 0.5) is 0 Å². The first-order valence-electron chi connectivity index (χ1n) is 7.54. The maximum Gasteiger partial charge on any atom is 0.165 e. The van der Waals surface area contributed by atoms with E-state index in [2.05, 4.69) is 33.8 Å². The molecule has 7 heteroatoms. The molecule has 1 aromatic carbocycles. The first-order chi connectivity index (χ1) is 10.8. The molecule has 134 valence electrons. The molecule has 0 saturated carbocycles. The second kappa shape index (κ2) is 10.1. The molecule has 2 heterocycles. The molecular weight excluding hydrogens is 367 g/mol. The minimum Gasteiger partial charge on any atom is -0.493 e. The molecule has 1 aliphatic heterocycles. The van der Waals surface area contributed by atoms with Crippen LogP contribution in [0.5, 0.6) is 11.5 Å². The molecule has 1 atom stereocenters. The summed E-state index contributed by atoms with van der Waals surface area (Å²) in [5.41, 5.74) is 1.17. The van der Waals surface area contributed by atoms with E-state index in [9.17, 15) is 0 Å². The van der Waals surface area contributed by atoms with Crippen LogP contribution >= 0.6 is 36.2 Å². The number of ether oxygens (including phenoxy) is 2. The van der Waals surface area contributed by atoms with Crippen LogP contribution in [0.2, 0.25) is 0 Å². The lowest BCUT2D eigenvalue weighted by atomic mass is 10.0. The smallest absolute Gasteiger partial charge is 0.165 e. The summed E-state index contributed by atoms with van der Waals surface area (Å²) in [5, 5.41) is 5.56. The van der Waals surface area contributed by atoms with Crippen LogP contribution in [0.15, 0.2) is 35.7 Å². The zero-order valence-electron chi connectivity index (χ0n) is 13.9. The van der Waals surface area contributed by atoms with Crippen LogP contribution in [0.25, 0.3) is 0 Å². The fourth-order valence-electron chi connectivity index (χ4n) is 3.04. The van der Waals surface area contributed by atoms with Gasteiger partial charge in [0.15, 0.2) is 11.5 Å². The van der Waals surface area contributed by atoms with Crippen molar-refractivity contribution < 1.29 is 9.47 Å². The molecule has 0 amide bonds. The van der Waals surface area contributed by atoms with Crippen molar-refractivity contribution in [3.63, 3.8) is 0 Å². The van der Waals surface area contributed by atoms with Gasteiger partial charge in [-0.1, -0.05) is 18.2 Å². The number of nitrogens with zero attached hydrogens (tertiary/aromatic N) is 1. The van der Waals surface area contributed by atoms with Crippen LogP contribution in [-0.4, -0.2) is 45.3 Å². The van der Waals surface area contributed by atoms with Crippen molar-refractivity contribution in [2.24, 2.45) is 0 Å². The average molecular weight is 391 g/mol. The van der Waals surface area contributed by atoms with Gasteiger partial charge in [-0.2, -0.15) is 0 Å². The third-order valence-electron chi connectivity index (χ3n) is 4.06. The number of nitrogens with one attached hydrogen (secondary N) is 1. The number of piperazine rings is 1. The Morgan fingerprint density at radius 2 is 1.79 bits per heavy atom. The first-order valence-corrected chi connectivity index (χ1v) is 8.42. The summed E-state index contributed by atoms with van der Waals surface area (Å²) in [5.74, 6) is 1.62. The maximum atomic E-state index is 5.67. The van der Waals surface area contributed by atoms with Crippen molar-refractivity contribution in [2.45, 2.75) is 6.04 Å². The number of hydrogen-bond acceptors (Lipinski definition) is 5. The molecule has 0 aliphatic carbocycles. The Hall–Kier alpha value is -0.980. The van der Waals surface area contributed by atoms with Gasteiger partial charge in [0.1, 0.15) is 0 Å². The number of para-hydroxylation sites is 1. The molecule has 0 spiro atoms. The number of benzene rings is 1. The zero-order chi connectivity index (χ0) is 15.4. The van der Waals surface area contributed by atoms with E-state index in [1.54, 1.807) is 25.6 Å². The molecule has 3 rings (SSSR count). The third-order valence-corrected chi connectivity index (χ3v) is 4.98. The van der Waals surface area contributed by atoms with Gasteiger partial charge in [-0.3, -0.25) is 4.90 Å². The first kappa shape index (κ1) is 21.1. The van der Waals surface area contributed by atoms with Gasteiger partial charge in [0, 0.05) is 36.6 Å². The van der Waals surface area contributed by atoms with Crippen molar-refractivity contribution in [1.82, 2.24) is 10.2 Å². The second-order valence-corrected chi connectivity index (χ2v) is 6.27.